The van der Waals surface area contributed by atoms with E-state index in [2.05, 4.69) is 21.0 Å². The van der Waals surface area contributed by atoms with Gasteiger partial charge in [-0.3, -0.25) is 4.68 Å². The maximum absolute atomic E-state index is 10.3. The topological polar surface area (TPSA) is 38.1 Å². The molecule has 0 bridgehead atoms. The lowest BCUT2D eigenvalue weighted by molar-refractivity contribution is 0.0195. The number of hydrogen-bond acceptors (Lipinski definition) is 2. The van der Waals surface area contributed by atoms with Gasteiger partial charge in [0.1, 0.15) is 5.60 Å². The fourth-order valence-corrected chi connectivity index (χ4v) is 2.24. The van der Waals surface area contributed by atoms with Gasteiger partial charge in [-0.05, 0) is 28.8 Å². The van der Waals surface area contributed by atoms with Crippen molar-refractivity contribution in [1.29, 1.82) is 0 Å². The third-order valence-electron chi connectivity index (χ3n) is 2.50. The molecule has 0 saturated heterocycles. The highest BCUT2D eigenvalue weighted by Crippen LogP contribution is 2.33. The van der Waals surface area contributed by atoms with Crippen molar-refractivity contribution >= 4 is 15.9 Å². The normalized spacial score (nSPS) is 12.1. The van der Waals surface area contributed by atoms with Crippen LogP contribution >= 0.6 is 15.9 Å². The minimum absolute atomic E-state index is 0.696. The molecule has 0 aliphatic carbocycles. The summed E-state index contributed by atoms with van der Waals surface area (Å²) < 4.78 is 2.60. The lowest BCUT2D eigenvalue weighted by Crippen LogP contribution is -2.27. The van der Waals surface area contributed by atoms with Gasteiger partial charge in [0, 0.05) is 7.05 Å². The highest BCUT2D eigenvalue weighted by atomic mass is 79.9. The molecule has 74 valence electrons. The molecule has 1 rings (SSSR count). The van der Waals surface area contributed by atoms with Gasteiger partial charge in [-0.1, -0.05) is 13.8 Å². The van der Waals surface area contributed by atoms with Crippen LogP contribution in [0.1, 0.15) is 32.4 Å². The van der Waals surface area contributed by atoms with Crippen LogP contribution in [0.3, 0.4) is 0 Å². The van der Waals surface area contributed by atoms with Crippen LogP contribution in [0.2, 0.25) is 0 Å². The van der Waals surface area contributed by atoms with Crippen LogP contribution in [-0.2, 0) is 12.6 Å². The van der Waals surface area contributed by atoms with E-state index >= 15 is 0 Å². The Kier molecular flexibility index (Phi) is 3.14. The van der Waals surface area contributed by atoms with E-state index in [9.17, 15) is 5.11 Å². The summed E-state index contributed by atoms with van der Waals surface area (Å²) in [6.07, 6.45) is 3.11. The van der Waals surface area contributed by atoms with Gasteiger partial charge in [-0.15, -0.1) is 0 Å². The summed E-state index contributed by atoms with van der Waals surface area (Å²) >= 11 is 3.39. The molecule has 0 fully saturated rings. The van der Waals surface area contributed by atoms with E-state index in [0.29, 0.717) is 12.8 Å². The zero-order valence-electron chi connectivity index (χ0n) is 8.21. The summed E-state index contributed by atoms with van der Waals surface area (Å²) in [7, 11) is 1.84. The third kappa shape index (κ3) is 1.79. The van der Waals surface area contributed by atoms with Crippen molar-refractivity contribution in [3.05, 3.63) is 16.4 Å². The maximum atomic E-state index is 10.3. The van der Waals surface area contributed by atoms with E-state index in [-0.39, 0.29) is 0 Å². The molecule has 0 saturated carbocycles. The van der Waals surface area contributed by atoms with Crippen LogP contribution in [0.25, 0.3) is 0 Å². The lowest BCUT2D eigenvalue weighted by Gasteiger charge is -2.25. The third-order valence-corrected chi connectivity index (χ3v) is 3.09. The number of aliphatic hydroxyl groups is 1. The summed E-state index contributed by atoms with van der Waals surface area (Å²) in [5.41, 5.74) is 0.0990. The second-order valence-corrected chi connectivity index (χ2v) is 4.06. The van der Waals surface area contributed by atoms with Crippen molar-refractivity contribution in [2.75, 3.05) is 0 Å². The molecule has 0 aliphatic rings. The molecule has 0 aliphatic heterocycles. The number of hydrogen-bond donors (Lipinski definition) is 1. The second kappa shape index (κ2) is 3.80. The van der Waals surface area contributed by atoms with Crippen molar-refractivity contribution in [2.24, 2.45) is 7.05 Å². The van der Waals surface area contributed by atoms with Crippen molar-refractivity contribution < 1.29 is 5.11 Å². The fraction of sp³-hybridized carbons (Fsp3) is 0.667. The first-order chi connectivity index (χ1) is 6.05. The number of rotatable bonds is 3. The predicted octanol–water partition coefficient (Wildman–Crippen LogP) is 2.19. The van der Waals surface area contributed by atoms with Crippen molar-refractivity contribution in [2.45, 2.75) is 32.3 Å². The van der Waals surface area contributed by atoms with Gasteiger partial charge in [0.15, 0.2) is 0 Å². The van der Waals surface area contributed by atoms with Gasteiger partial charge in [0.25, 0.3) is 0 Å². The Labute approximate surface area is 86.9 Å². The van der Waals surface area contributed by atoms with Gasteiger partial charge in [0.2, 0.25) is 0 Å². The van der Waals surface area contributed by atoms with Gasteiger partial charge in [0.05, 0.1) is 16.4 Å². The van der Waals surface area contributed by atoms with E-state index in [0.717, 1.165) is 10.2 Å². The first kappa shape index (κ1) is 10.7. The second-order valence-electron chi connectivity index (χ2n) is 3.20. The molecule has 3 nitrogen and oxygen atoms in total. The van der Waals surface area contributed by atoms with E-state index in [1.54, 1.807) is 10.9 Å². The highest BCUT2D eigenvalue weighted by Gasteiger charge is 2.30. The molecule has 0 atom stereocenters. The first-order valence-corrected chi connectivity index (χ1v) is 5.24. The Balaban J connectivity index is 3.18. The van der Waals surface area contributed by atoms with Gasteiger partial charge in [-0.25, -0.2) is 0 Å². The summed E-state index contributed by atoms with van der Waals surface area (Å²) in [4.78, 5) is 0. The summed E-state index contributed by atoms with van der Waals surface area (Å²) in [5.74, 6) is 0. The molecule has 1 N–H and O–H groups in total. The van der Waals surface area contributed by atoms with E-state index in [1.165, 1.54) is 0 Å². The van der Waals surface area contributed by atoms with Crippen molar-refractivity contribution in [3.63, 3.8) is 0 Å². The summed E-state index contributed by atoms with van der Waals surface area (Å²) in [6, 6.07) is 0. The van der Waals surface area contributed by atoms with Crippen LogP contribution in [-0.4, -0.2) is 14.9 Å². The smallest absolute Gasteiger partial charge is 0.107 e. The van der Waals surface area contributed by atoms with Gasteiger partial charge < -0.3 is 5.11 Å². The lowest BCUT2D eigenvalue weighted by atomic mass is 9.93. The summed E-state index contributed by atoms with van der Waals surface area (Å²) in [6.45, 7) is 3.95. The Morgan fingerprint density at radius 2 is 2.08 bits per heavy atom. The number of halogens is 1. The molecule has 0 radical (unpaired) electrons. The van der Waals surface area contributed by atoms with Gasteiger partial charge in [-0.2, -0.15) is 5.10 Å². The van der Waals surface area contributed by atoms with E-state index < -0.39 is 5.60 Å². The standard InChI is InChI=1S/C9H15BrN2O/c1-4-9(13,5-2)8-7(10)6-11-12(8)3/h6,13H,4-5H2,1-3H3. The molecule has 13 heavy (non-hydrogen) atoms. The van der Waals surface area contributed by atoms with Crippen LogP contribution in [0, 0.1) is 0 Å². The van der Waals surface area contributed by atoms with Crippen molar-refractivity contribution in [3.8, 4) is 0 Å². The average molecular weight is 247 g/mol. The molecule has 1 heterocycles. The Morgan fingerprint density at radius 3 is 2.38 bits per heavy atom. The van der Waals surface area contributed by atoms with Crippen LogP contribution in [0.15, 0.2) is 10.7 Å². The molecule has 0 aromatic carbocycles. The SMILES string of the molecule is CCC(O)(CC)c1c(Br)cnn1C. The maximum Gasteiger partial charge on any atom is 0.107 e. The summed E-state index contributed by atoms with van der Waals surface area (Å²) in [5, 5.41) is 14.3. The predicted molar refractivity (Wildman–Crippen MR) is 55.4 cm³/mol. The molecule has 1 aromatic rings. The monoisotopic (exact) mass is 246 g/mol. The van der Waals surface area contributed by atoms with Gasteiger partial charge >= 0.3 is 0 Å². The quantitative estimate of drug-likeness (QED) is 0.889. The largest absolute Gasteiger partial charge is 0.384 e. The molecule has 0 amide bonds. The Hall–Kier alpha value is -0.350. The van der Waals surface area contributed by atoms with E-state index in [4.69, 9.17) is 0 Å². The molecule has 0 unspecified atom stereocenters. The Bertz CT molecular complexity index is 272. The first-order valence-electron chi connectivity index (χ1n) is 4.45. The molecule has 1 aromatic heterocycles. The number of nitrogens with zero attached hydrogens (tertiary/aromatic N) is 2. The minimum Gasteiger partial charge on any atom is -0.384 e. The van der Waals surface area contributed by atoms with Crippen LogP contribution in [0.4, 0.5) is 0 Å². The van der Waals surface area contributed by atoms with E-state index in [1.807, 2.05) is 20.9 Å². The molecular weight excluding hydrogens is 232 g/mol. The van der Waals surface area contributed by atoms with Crippen LogP contribution in [0.5, 0.6) is 0 Å². The van der Waals surface area contributed by atoms with Crippen LogP contribution < -0.4 is 0 Å². The molecular formula is C9H15BrN2O. The molecule has 0 spiro atoms. The molecule has 4 heteroatoms. The number of aromatic nitrogens is 2. The average Bonchev–Trinajstić information content (AvgIpc) is 2.46. The zero-order valence-corrected chi connectivity index (χ0v) is 9.80. The zero-order chi connectivity index (χ0) is 10.1. The Morgan fingerprint density at radius 1 is 1.54 bits per heavy atom. The fourth-order valence-electron chi connectivity index (χ4n) is 1.52. The highest BCUT2D eigenvalue weighted by molar-refractivity contribution is 9.10. The van der Waals surface area contributed by atoms with Crippen molar-refractivity contribution in [1.82, 2.24) is 9.78 Å². The minimum atomic E-state index is -0.760. The number of aryl methyl sites for hydroxylation is 1.